The second-order valence-electron chi connectivity index (χ2n) is 3.22. The zero-order valence-electron chi connectivity index (χ0n) is 8.73. The molecule has 0 N–H and O–H groups in total. The van der Waals surface area contributed by atoms with Crippen molar-refractivity contribution in [1.82, 2.24) is 0 Å². The quantitative estimate of drug-likeness (QED) is 0.604. The first kappa shape index (κ1) is 12.0. The van der Waals surface area contributed by atoms with Crippen molar-refractivity contribution in [1.29, 1.82) is 0 Å². The van der Waals surface area contributed by atoms with Crippen LogP contribution in [-0.2, 0) is 4.74 Å². The molecular weight excluding hydrogens is 255 g/mol. The number of hydrogen-bond donors (Lipinski definition) is 0. The Balaban J connectivity index is 2.28. The molecule has 0 saturated heterocycles. The molecule has 0 fully saturated rings. The van der Waals surface area contributed by atoms with Gasteiger partial charge in [-0.05, 0) is 0 Å². The van der Waals surface area contributed by atoms with Gasteiger partial charge in [0.05, 0.1) is 0 Å². The third-order valence-electron chi connectivity index (χ3n) is 1.69. The van der Waals surface area contributed by atoms with Crippen LogP contribution < -0.4 is 4.46 Å². The average molecular weight is 269 g/mol. The Morgan fingerprint density at radius 3 is 2.67 bits per heavy atom. The summed E-state index contributed by atoms with van der Waals surface area (Å²) >= 11 is -0.226. The summed E-state index contributed by atoms with van der Waals surface area (Å²) in [5.41, 5.74) is 1.04. The Morgan fingerprint density at radius 1 is 1.40 bits per heavy atom. The Morgan fingerprint density at radius 2 is 2.07 bits per heavy atom. The maximum absolute atomic E-state index is 11.4. The molecule has 1 aromatic rings. The second kappa shape index (κ2) is 6.44. The molecule has 0 radical (unpaired) electrons. The maximum atomic E-state index is 11.4. The normalized spacial score (nSPS) is 9.67. The van der Waals surface area contributed by atoms with Gasteiger partial charge in [-0.1, -0.05) is 0 Å². The number of benzene rings is 1. The first-order valence-corrected chi connectivity index (χ1v) is 6.44. The third-order valence-corrected chi connectivity index (χ3v) is 3.36. The van der Waals surface area contributed by atoms with Crippen molar-refractivity contribution >= 4 is 24.3 Å². The molecule has 0 aromatic heterocycles. The summed E-state index contributed by atoms with van der Waals surface area (Å²) in [7, 11) is 0. The van der Waals surface area contributed by atoms with E-state index in [9.17, 15) is 4.79 Å². The summed E-state index contributed by atoms with van der Waals surface area (Å²) in [5.74, 6) is 0. The summed E-state index contributed by atoms with van der Waals surface area (Å²) < 4.78 is 6.13. The van der Waals surface area contributed by atoms with Gasteiger partial charge >= 0.3 is 96.3 Å². The Labute approximate surface area is 96.5 Å². The molecule has 0 spiro atoms. The van der Waals surface area contributed by atoms with Crippen LogP contribution in [0.2, 0.25) is 0 Å². The summed E-state index contributed by atoms with van der Waals surface area (Å²) in [6.45, 7) is 6.12. The predicted molar refractivity (Wildman–Crippen MR) is 62.6 cm³/mol. The Hall–Kier alpha value is -1.05. The number of ether oxygens (including phenoxy) is 1. The van der Waals surface area contributed by atoms with Crippen LogP contribution in [-0.4, -0.2) is 26.4 Å². The number of carbonyl (C=O) groups excluding carboxylic acids is 1. The van der Waals surface area contributed by atoms with Crippen LogP contribution in [0.25, 0.3) is 0 Å². The fourth-order valence-electron chi connectivity index (χ4n) is 0.923. The van der Waals surface area contributed by atoms with Crippen molar-refractivity contribution in [2.45, 2.75) is 13.3 Å². The zero-order valence-corrected chi connectivity index (χ0v) is 10.4. The van der Waals surface area contributed by atoms with E-state index in [4.69, 9.17) is 4.74 Å². The minimum absolute atomic E-state index is 0.116. The van der Waals surface area contributed by atoms with E-state index in [-0.39, 0.29) is 19.8 Å². The van der Waals surface area contributed by atoms with Crippen LogP contribution in [0.5, 0.6) is 0 Å². The van der Waals surface area contributed by atoms with E-state index in [1.807, 2.05) is 37.3 Å². The fraction of sp³-hybridized carbons (Fsp3) is 0.250. The van der Waals surface area contributed by atoms with Crippen LogP contribution >= 0.6 is 0 Å². The van der Waals surface area contributed by atoms with Crippen LogP contribution in [0.4, 0.5) is 4.79 Å². The van der Waals surface area contributed by atoms with Crippen LogP contribution in [0.15, 0.2) is 42.5 Å². The van der Waals surface area contributed by atoms with Crippen molar-refractivity contribution in [3.63, 3.8) is 0 Å². The number of rotatable bonds is 5. The van der Waals surface area contributed by atoms with Gasteiger partial charge < -0.3 is 0 Å². The molecule has 3 heteroatoms. The molecule has 0 unspecified atom stereocenters. The molecule has 0 aliphatic heterocycles. The molecule has 0 saturated carbocycles. The van der Waals surface area contributed by atoms with Crippen molar-refractivity contribution in [2.24, 2.45) is 0 Å². The SMILES string of the molecule is C=C(C)CCOC(=O)[Se]c1ccccc1. The Bertz CT molecular complexity index is 333. The zero-order chi connectivity index (χ0) is 11.1. The van der Waals surface area contributed by atoms with E-state index < -0.39 is 0 Å². The van der Waals surface area contributed by atoms with Gasteiger partial charge in [0.25, 0.3) is 0 Å². The molecule has 0 aliphatic carbocycles. The molecule has 1 aromatic carbocycles. The van der Waals surface area contributed by atoms with E-state index in [0.29, 0.717) is 6.61 Å². The van der Waals surface area contributed by atoms with Gasteiger partial charge in [0.2, 0.25) is 0 Å². The van der Waals surface area contributed by atoms with E-state index in [1.54, 1.807) is 0 Å². The van der Waals surface area contributed by atoms with Gasteiger partial charge in [-0.25, -0.2) is 0 Å². The van der Waals surface area contributed by atoms with E-state index in [2.05, 4.69) is 6.58 Å². The molecule has 0 atom stereocenters. The fourth-order valence-corrected chi connectivity index (χ4v) is 2.24. The molecule has 0 aliphatic rings. The number of carbonyl (C=O) groups is 1. The topological polar surface area (TPSA) is 26.3 Å². The predicted octanol–water partition coefficient (Wildman–Crippen LogP) is 2.12. The molecule has 0 bridgehead atoms. The molecule has 15 heavy (non-hydrogen) atoms. The van der Waals surface area contributed by atoms with Crippen LogP contribution in [0, 0.1) is 0 Å². The van der Waals surface area contributed by atoms with E-state index in [0.717, 1.165) is 16.5 Å². The first-order valence-electron chi connectivity index (χ1n) is 4.72. The van der Waals surface area contributed by atoms with E-state index >= 15 is 0 Å². The van der Waals surface area contributed by atoms with Crippen molar-refractivity contribution in [3.05, 3.63) is 42.5 Å². The van der Waals surface area contributed by atoms with E-state index in [1.165, 1.54) is 0 Å². The minimum atomic E-state index is -0.226. The monoisotopic (exact) mass is 270 g/mol. The standard InChI is InChI=1S/C12H14O2Se/c1-10(2)8-9-14-12(13)15-11-6-4-3-5-7-11/h3-7H,1,8-9H2,2H3. The molecule has 0 heterocycles. The van der Waals surface area contributed by atoms with Crippen molar-refractivity contribution < 1.29 is 9.53 Å². The first-order chi connectivity index (χ1) is 7.18. The summed E-state index contributed by atoms with van der Waals surface area (Å²) in [6.07, 6.45) is 0.747. The summed E-state index contributed by atoms with van der Waals surface area (Å²) in [5, 5.41) is 0. The molecular formula is C12H14O2Se. The molecule has 1 rings (SSSR count). The molecule has 0 amide bonds. The Kier molecular flexibility index (Phi) is 5.16. The molecule has 2 nitrogen and oxygen atoms in total. The van der Waals surface area contributed by atoms with Crippen molar-refractivity contribution in [2.75, 3.05) is 6.61 Å². The summed E-state index contributed by atoms with van der Waals surface area (Å²) in [6, 6.07) is 9.68. The summed E-state index contributed by atoms with van der Waals surface area (Å²) in [4.78, 5) is 11.3. The average Bonchev–Trinajstić information content (AvgIpc) is 2.18. The van der Waals surface area contributed by atoms with Gasteiger partial charge in [0.1, 0.15) is 0 Å². The van der Waals surface area contributed by atoms with Crippen molar-refractivity contribution in [3.8, 4) is 0 Å². The van der Waals surface area contributed by atoms with Gasteiger partial charge in [-0.3, -0.25) is 0 Å². The third kappa shape index (κ3) is 5.40. The second-order valence-corrected chi connectivity index (χ2v) is 5.34. The van der Waals surface area contributed by atoms with Gasteiger partial charge in [0, 0.05) is 0 Å². The van der Waals surface area contributed by atoms with Gasteiger partial charge in [-0.2, -0.15) is 0 Å². The van der Waals surface area contributed by atoms with Gasteiger partial charge in [0.15, 0.2) is 0 Å². The molecule has 80 valence electrons. The van der Waals surface area contributed by atoms with Gasteiger partial charge in [-0.15, -0.1) is 0 Å². The number of hydrogen-bond acceptors (Lipinski definition) is 2. The van der Waals surface area contributed by atoms with Crippen LogP contribution in [0.3, 0.4) is 0 Å². The van der Waals surface area contributed by atoms with Crippen LogP contribution in [0.1, 0.15) is 13.3 Å².